The molecule has 0 unspecified atom stereocenters. The first-order valence-corrected chi connectivity index (χ1v) is 5.49. The van der Waals surface area contributed by atoms with Gasteiger partial charge in [0.15, 0.2) is 4.34 Å². The van der Waals surface area contributed by atoms with Crippen molar-refractivity contribution in [3.8, 4) is 0 Å². The molecule has 1 heterocycles. The summed E-state index contributed by atoms with van der Waals surface area (Å²) in [6, 6.07) is 0. The lowest BCUT2D eigenvalue weighted by molar-refractivity contribution is 1.01. The van der Waals surface area contributed by atoms with Gasteiger partial charge in [-0.05, 0) is 0 Å². The third-order valence-electron chi connectivity index (χ3n) is 0.963. The summed E-state index contributed by atoms with van der Waals surface area (Å²) in [5, 5.41) is 7.61. The van der Waals surface area contributed by atoms with E-state index in [1.54, 1.807) is 28.6 Å². The Balaban J connectivity index is 2.29. The summed E-state index contributed by atoms with van der Waals surface area (Å²) in [4.78, 5) is 0. The van der Waals surface area contributed by atoms with Crippen molar-refractivity contribution in [1.29, 1.82) is 0 Å². The van der Waals surface area contributed by atoms with Gasteiger partial charge in [-0.1, -0.05) is 35.3 Å². The molecule has 1 rings (SSSR count). The molecular formula is C6H8N2S3. The van der Waals surface area contributed by atoms with E-state index in [0.717, 1.165) is 21.4 Å². The SMILES string of the molecule is C=C(CS)CSc1nncs1. The van der Waals surface area contributed by atoms with E-state index in [9.17, 15) is 0 Å². The fraction of sp³-hybridized carbons (Fsp3) is 0.333. The molecule has 60 valence electrons. The molecule has 0 aliphatic rings. The van der Waals surface area contributed by atoms with Gasteiger partial charge in [0.25, 0.3) is 0 Å². The van der Waals surface area contributed by atoms with Gasteiger partial charge >= 0.3 is 0 Å². The maximum atomic E-state index is 4.10. The Labute approximate surface area is 79.5 Å². The lowest BCUT2D eigenvalue weighted by Gasteiger charge is -1.96. The molecule has 1 aromatic heterocycles. The Morgan fingerprint density at radius 1 is 1.82 bits per heavy atom. The predicted molar refractivity (Wildman–Crippen MR) is 53.6 cm³/mol. The highest BCUT2D eigenvalue weighted by Crippen LogP contribution is 2.20. The van der Waals surface area contributed by atoms with Crippen LogP contribution in [0, 0.1) is 0 Å². The Hall–Kier alpha value is -0.0000000000000000833. The molecule has 0 saturated carbocycles. The second-order valence-corrected chi connectivity index (χ2v) is 4.27. The molecule has 0 aliphatic carbocycles. The van der Waals surface area contributed by atoms with E-state index >= 15 is 0 Å². The van der Waals surface area contributed by atoms with Crippen molar-refractivity contribution in [3.05, 3.63) is 17.7 Å². The normalized spacial score (nSPS) is 9.91. The monoisotopic (exact) mass is 204 g/mol. The van der Waals surface area contributed by atoms with Gasteiger partial charge in [0.05, 0.1) is 0 Å². The zero-order valence-corrected chi connectivity index (χ0v) is 8.38. The molecule has 0 N–H and O–H groups in total. The Kier molecular flexibility index (Phi) is 3.96. The van der Waals surface area contributed by atoms with Crippen LogP contribution in [0.2, 0.25) is 0 Å². The fourth-order valence-corrected chi connectivity index (χ4v) is 2.09. The van der Waals surface area contributed by atoms with Crippen LogP contribution in [0.25, 0.3) is 0 Å². The third kappa shape index (κ3) is 3.27. The third-order valence-corrected chi connectivity index (χ3v) is 3.42. The largest absolute Gasteiger partial charge is 0.175 e. The van der Waals surface area contributed by atoms with E-state index < -0.39 is 0 Å². The van der Waals surface area contributed by atoms with Crippen LogP contribution >= 0.6 is 35.7 Å². The average Bonchev–Trinajstić information content (AvgIpc) is 2.52. The summed E-state index contributed by atoms with van der Waals surface area (Å²) in [7, 11) is 0. The topological polar surface area (TPSA) is 25.8 Å². The van der Waals surface area contributed by atoms with E-state index in [-0.39, 0.29) is 0 Å². The number of rotatable bonds is 4. The number of aromatic nitrogens is 2. The molecule has 2 nitrogen and oxygen atoms in total. The number of thiol groups is 1. The van der Waals surface area contributed by atoms with Gasteiger partial charge < -0.3 is 0 Å². The molecule has 5 heteroatoms. The summed E-state index contributed by atoms with van der Waals surface area (Å²) in [5.74, 6) is 1.63. The maximum absolute atomic E-state index is 4.10. The standard InChI is InChI=1S/C6H8N2S3/c1-5(2-9)3-10-6-8-7-4-11-6/h4,9H,1-3H2. The minimum absolute atomic E-state index is 0.742. The second kappa shape index (κ2) is 4.79. The van der Waals surface area contributed by atoms with Gasteiger partial charge in [-0.3, -0.25) is 0 Å². The average molecular weight is 204 g/mol. The first kappa shape index (κ1) is 9.09. The predicted octanol–water partition coefficient (Wildman–Crippen LogP) is 2.12. The molecule has 0 atom stereocenters. The van der Waals surface area contributed by atoms with Gasteiger partial charge in [0, 0.05) is 11.5 Å². The number of hydrogen-bond donors (Lipinski definition) is 1. The number of hydrogen-bond acceptors (Lipinski definition) is 5. The van der Waals surface area contributed by atoms with Gasteiger partial charge in [-0.25, -0.2) is 0 Å². The van der Waals surface area contributed by atoms with Gasteiger partial charge in [-0.15, -0.1) is 10.2 Å². The lowest BCUT2D eigenvalue weighted by Crippen LogP contribution is -1.85. The smallest absolute Gasteiger partial charge is 0.174 e. The summed E-state index contributed by atoms with van der Waals surface area (Å²) >= 11 is 7.31. The first-order valence-electron chi connectivity index (χ1n) is 2.99. The van der Waals surface area contributed by atoms with E-state index in [2.05, 4.69) is 29.4 Å². The zero-order chi connectivity index (χ0) is 8.10. The van der Waals surface area contributed by atoms with Crippen LogP contribution in [0.1, 0.15) is 0 Å². The molecule has 0 aliphatic heterocycles. The van der Waals surface area contributed by atoms with Crippen molar-refractivity contribution in [3.63, 3.8) is 0 Å². The van der Waals surface area contributed by atoms with E-state index in [1.165, 1.54) is 0 Å². The van der Waals surface area contributed by atoms with Crippen molar-refractivity contribution >= 4 is 35.7 Å². The Morgan fingerprint density at radius 3 is 3.18 bits per heavy atom. The second-order valence-electron chi connectivity index (χ2n) is 1.90. The number of nitrogens with zero attached hydrogens (tertiary/aromatic N) is 2. The maximum Gasteiger partial charge on any atom is 0.174 e. The van der Waals surface area contributed by atoms with Crippen LogP contribution in [0.15, 0.2) is 22.0 Å². The lowest BCUT2D eigenvalue weighted by atomic mass is 10.4. The zero-order valence-electron chi connectivity index (χ0n) is 5.86. The molecule has 1 aromatic rings. The highest BCUT2D eigenvalue weighted by atomic mass is 32.2. The highest BCUT2D eigenvalue weighted by molar-refractivity contribution is 8.01. The molecule has 0 amide bonds. The fourth-order valence-electron chi connectivity index (χ4n) is 0.435. The van der Waals surface area contributed by atoms with Crippen molar-refractivity contribution in [2.75, 3.05) is 11.5 Å². The Morgan fingerprint density at radius 2 is 2.64 bits per heavy atom. The summed E-state index contributed by atoms with van der Waals surface area (Å²) in [5.41, 5.74) is 2.85. The molecular weight excluding hydrogens is 196 g/mol. The van der Waals surface area contributed by atoms with Crippen LogP contribution in [0.3, 0.4) is 0 Å². The minimum Gasteiger partial charge on any atom is -0.175 e. The molecule has 0 spiro atoms. The van der Waals surface area contributed by atoms with Crippen LogP contribution in [0.5, 0.6) is 0 Å². The molecule has 0 aromatic carbocycles. The molecule has 0 fully saturated rings. The molecule has 11 heavy (non-hydrogen) atoms. The van der Waals surface area contributed by atoms with E-state index in [1.807, 2.05) is 0 Å². The molecule has 0 bridgehead atoms. The summed E-state index contributed by atoms with van der Waals surface area (Å²) in [6.07, 6.45) is 0. The van der Waals surface area contributed by atoms with Gasteiger partial charge in [-0.2, -0.15) is 12.6 Å². The Bertz CT molecular complexity index is 220. The van der Waals surface area contributed by atoms with E-state index in [4.69, 9.17) is 0 Å². The quantitative estimate of drug-likeness (QED) is 0.462. The minimum atomic E-state index is 0.742. The van der Waals surface area contributed by atoms with Crippen LogP contribution in [-0.4, -0.2) is 21.7 Å². The molecule has 0 radical (unpaired) electrons. The number of thioether (sulfide) groups is 1. The van der Waals surface area contributed by atoms with Crippen molar-refractivity contribution in [2.24, 2.45) is 0 Å². The van der Waals surface area contributed by atoms with E-state index in [0.29, 0.717) is 0 Å². The van der Waals surface area contributed by atoms with Gasteiger partial charge in [0.2, 0.25) is 0 Å². The van der Waals surface area contributed by atoms with Crippen LogP contribution in [0.4, 0.5) is 0 Å². The van der Waals surface area contributed by atoms with Gasteiger partial charge in [0.1, 0.15) is 5.51 Å². The van der Waals surface area contributed by atoms with Crippen molar-refractivity contribution in [1.82, 2.24) is 10.2 Å². The van der Waals surface area contributed by atoms with Crippen LogP contribution in [-0.2, 0) is 0 Å². The summed E-state index contributed by atoms with van der Waals surface area (Å²) in [6.45, 7) is 3.83. The van der Waals surface area contributed by atoms with Crippen LogP contribution < -0.4 is 0 Å². The first-order chi connectivity index (χ1) is 5.33. The summed E-state index contributed by atoms with van der Waals surface area (Å²) < 4.78 is 0.993. The van der Waals surface area contributed by atoms with Crippen molar-refractivity contribution in [2.45, 2.75) is 4.34 Å². The van der Waals surface area contributed by atoms with Crippen molar-refractivity contribution < 1.29 is 0 Å². The highest BCUT2D eigenvalue weighted by Gasteiger charge is 1.97. The molecule has 0 saturated heterocycles.